The average molecular weight is 748 g/mol. The second-order valence-corrected chi connectivity index (χ2v) is 19.5. The van der Waals surface area contributed by atoms with Gasteiger partial charge in [-0.3, -0.25) is 0 Å². The molecule has 2 N–H and O–H groups in total. The van der Waals surface area contributed by atoms with E-state index in [4.69, 9.17) is 10.5 Å². The number of ether oxygens (including phenoxy) is 1. The normalized spacial score (nSPS) is 13.1. The van der Waals surface area contributed by atoms with Gasteiger partial charge >= 0.3 is 0 Å². The van der Waals surface area contributed by atoms with Crippen LogP contribution in [-0.2, 0) is 18.3 Å². The third-order valence-electron chi connectivity index (χ3n) is 10.8. The van der Waals surface area contributed by atoms with Crippen LogP contribution >= 0.6 is 15.8 Å². The molecular formula is C50H55NOP2. The lowest BCUT2D eigenvalue weighted by atomic mass is 9.74. The van der Waals surface area contributed by atoms with Gasteiger partial charge < -0.3 is 10.5 Å². The lowest BCUT2D eigenvalue weighted by Crippen LogP contribution is -2.33. The fraction of sp³-hybridized carbons (Fsp3) is 0.280. The van der Waals surface area contributed by atoms with Crippen LogP contribution in [0.15, 0.2) is 146 Å². The van der Waals surface area contributed by atoms with Crippen molar-refractivity contribution in [2.24, 2.45) is 5.73 Å². The third kappa shape index (κ3) is 8.43. The highest BCUT2D eigenvalue weighted by Gasteiger charge is 2.40. The maximum absolute atomic E-state index is 7.64. The second-order valence-electron chi connectivity index (χ2n) is 15.1. The van der Waals surface area contributed by atoms with Gasteiger partial charge in [0.1, 0.15) is 11.5 Å². The number of aryl methyl sites for hydroxylation is 2. The summed E-state index contributed by atoms with van der Waals surface area (Å²) in [5, 5.41) is 8.01. The van der Waals surface area contributed by atoms with Crippen LogP contribution in [0.3, 0.4) is 0 Å². The van der Waals surface area contributed by atoms with Crippen LogP contribution in [0, 0.1) is 0 Å². The SMILES string of the molecule is CCCCCCc1cc(P(c2ccccc2)c2ccccc2)c2c(c1)C(C)(C)c1cc(CCCCCN)cc(P(c3ccccc3)c3ccccc3)c1O2. The highest BCUT2D eigenvalue weighted by atomic mass is 31.1. The molecule has 6 aromatic carbocycles. The summed E-state index contributed by atoms with van der Waals surface area (Å²) in [5.41, 5.74) is 11.1. The topological polar surface area (TPSA) is 35.2 Å². The van der Waals surface area contributed by atoms with Crippen LogP contribution in [0.25, 0.3) is 0 Å². The molecule has 0 saturated carbocycles. The smallest absolute Gasteiger partial charge is 0.139 e. The first-order valence-corrected chi connectivity index (χ1v) is 22.7. The molecule has 276 valence electrons. The van der Waals surface area contributed by atoms with E-state index in [1.54, 1.807) is 0 Å². The first-order valence-electron chi connectivity index (χ1n) is 20.0. The molecule has 0 atom stereocenters. The summed E-state index contributed by atoms with van der Waals surface area (Å²) in [6, 6.07) is 54.5. The van der Waals surface area contributed by atoms with Crippen molar-refractivity contribution in [3.63, 3.8) is 0 Å². The molecule has 1 aliphatic heterocycles. The van der Waals surface area contributed by atoms with Crippen molar-refractivity contribution < 1.29 is 4.74 Å². The van der Waals surface area contributed by atoms with Gasteiger partial charge in [0.05, 0.1) is 0 Å². The Morgan fingerprint density at radius 1 is 0.481 bits per heavy atom. The molecule has 6 aromatic rings. The molecule has 0 unspecified atom stereocenters. The van der Waals surface area contributed by atoms with Crippen molar-refractivity contribution in [3.8, 4) is 11.5 Å². The minimum Gasteiger partial charge on any atom is -0.455 e. The van der Waals surface area contributed by atoms with E-state index in [0.717, 1.165) is 50.1 Å². The molecule has 7 rings (SSSR count). The van der Waals surface area contributed by atoms with E-state index in [9.17, 15) is 0 Å². The van der Waals surface area contributed by atoms with Crippen molar-refractivity contribution in [1.29, 1.82) is 0 Å². The summed E-state index contributed by atoms with van der Waals surface area (Å²) in [7, 11) is -1.79. The number of unbranched alkanes of at least 4 members (excludes halogenated alkanes) is 5. The summed E-state index contributed by atoms with van der Waals surface area (Å²) >= 11 is 0. The van der Waals surface area contributed by atoms with Crippen molar-refractivity contribution in [2.45, 2.75) is 84.0 Å². The zero-order valence-corrected chi connectivity index (χ0v) is 34.1. The van der Waals surface area contributed by atoms with Crippen molar-refractivity contribution in [3.05, 3.63) is 168 Å². The number of rotatable bonds is 16. The van der Waals surface area contributed by atoms with Crippen molar-refractivity contribution in [1.82, 2.24) is 0 Å². The summed E-state index contributed by atoms with van der Waals surface area (Å²) in [5.74, 6) is 2.10. The van der Waals surface area contributed by atoms with Gasteiger partial charge in [-0.15, -0.1) is 0 Å². The lowest BCUT2D eigenvalue weighted by Gasteiger charge is -2.39. The first kappa shape index (κ1) is 38.2. The molecule has 0 aliphatic carbocycles. The molecule has 0 saturated heterocycles. The monoisotopic (exact) mass is 747 g/mol. The predicted molar refractivity (Wildman–Crippen MR) is 237 cm³/mol. The Morgan fingerprint density at radius 2 is 0.852 bits per heavy atom. The quantitative estimate of drug-likeness (QED) is 0.0791. The Labute approximate surface area is 326 Å². The summed E-state index contributed by atoms with van der Waals surface area (Å²) in [4.78, 5) is 0. The van der Waals surface area contributed by atoms with Crippen molar-refractivity contribution >= 4 is 47.7 Å². The van der Waals surface area contributed by atoms with Crippen LogP contribution in [0.4, 0.5) is 0 Å². The standard InChI is InChI=1S/C50H55NOP2/c1-4-5-6-12-23-38-34-44-48(46(36-38)53(40-25-14-7-15-26-40)41-27-16-8-17-28-41)52-49-45(50(44,2)3)35-39(24-13-11-22-33-51)37-47(49)54(42-29-18-9-19-30-42)43-31-20-10-21-32-43/h7-10,14-21,25-32,34-37H,4-6,11-13,22-24,33,51H2,1-3H3. The zero-order valence-electron chi connectivity index (χ0n) is 32.3. The minimum absolute atomic E-state index is 0.276. The van der Waals surface area contributed by atoms with Crippen LogP contribution in [-0.4, -0.2) is 6.54 Å². The van der Waals surface area contributed by atoms with Gasteiger partial charge in [0.2, 0.25) is 0 Å². The highest BCUT2D eigenvalue weighted by Crippen LogP contribution is 2.53. The third-order valence-corrected chi connectivity index (χ3v) is 15.7. The maximum Gasteiger partial charge on any atom is 0.139 e. The molecule has 0 radical (unpaired) electrons. The fourth-order valence-corrected chi connectivity index (χ4v) is 12.8. The van der Waals surface area contributed by atoms with Crippen LogP contribution in [0.2, 0.25) is 0 Å². The van der Waals surface area contributed by atoms with Gasteiger partial charge in [0, 0.05) is 27.2 Å². The largest absolute Gasteiger partial charge is 0.455 e. The Hall–Kier alpha value is -4.06. The van der Waals surface area contributed by atoms with E-state index in [2.05, 4.69) is 166 Å². The molecule has 4 heteroatoms. The number of benzene rings is 6. The van der Waals surface area contributed by atoms with Crippen molar-refractivity contribution in [2.75, 3.05) is 6.54 Å². The molecule has 0 fully saturated rings. The Morgan fingerprint density at radius 3 is 1.20 bits per heavy atom. The van der Waals surface area contributed by atoms with Gasteiger partial charge in [0.15, 0.2) is 0 Å². The molecule has 1 heterocycles. The van der Waals surface area contributed by atoms with Crippen LogP contribution in [0.1, 0.15) is 88.0 Å². The van der Waals surface area contributed by atoms with E-state index in [1.807, 2.05) is 0 Å². The molecule has 2 nitrogen and oxygen atoms in total. The zero-order chi connectivity index (χ0) is 37.3. The lowest BCUT2D eigenvalue weighted by molar-refractivity contribution is 0.424. The summed E-state index contributed by atoms with van der Waals surface area (Å²) in [6.45, 7) is 7.93. The fourth-order valence-electron chi connectivity index (χ4n) is 7.92. The van der Waals surface area contributed by atoms with Gasteiger partial charge in [-0.25, -0.2) is 0 Å². The molecule has 0 bridgehead atoms. The van der Waals surface area contributed by atoms with E-state index in [1.165, 1.54) is 79.8 Å². The number of fused-ring (bicyclic) bond motifs is 2. The molecule has 0 aromatic heterocycles. The minimum atomic E-state index is -0.900. The van der Waals surface area contributed by atoms with E-state index < -0.39 is 15.8 Å². The van der Waals surface area contributed by atoms with Gasteiger partial charge in [-0.1, -0.05) is 180 Å². The van der Waals surface area contributed by atoms with Gasteiger partial charge in [-0.05, 0) is 99.0 Å². The molecule has 0 amide bonds. The van der Waals surface area contributed by atoms with Gasteiger partial charge in [0.25, 0.3) is 0 Å². The summed E-state index contributed by atoms with van der Waals surface area (Å²) in [6.07, 6.45) is 10.4. The number of nitrogens with two attached hydrogens (primary N) is 1. The molecule has 0 spiro atoms. The highest BCUT2D eigenvalue weighted by molar-refractivity contribution is 7.80. The molecule has 54 heavy (non-hydrogen) atoms. The predicted octanol–water partition coefficient (Wildman–Crippen LogP) is 10.4. The van der Waals surface area contributed by atoms with E-state index in [-0.39, 0.29) is 5.41 Å². The number of hydrogen-bond donors (Lipinski definition) is 1. The molecular weight excluding hydrogens is 693 g/mol. The van der Waals surface area contributed by atoms with E-state index >= 15 is 0 Å². The Balaban J connectivity index is 1.47. The maximum atomic E-state index is 7.64. The summed E-state index contributed by atoms with van der Waals surface area (Å²) < 4.78 is 7.64. The van der Waals surface area contributed by atoms with E-state index in [0.29, 0.717) is 0 Å². The number of hydrogen-bond acceptors (Lipinski definition) is 2. The van der Waals surface area contributed by atoms with Crippen LogP contribution in [0.5, 0.6) is 11.5 Å². The second kappa shape index (κ2) is 18.0. The Bertz CT molecular complexity index is 1870. The van der Waals surface area contributed by atoms with Crippen LogP contribution < -0.4 is 42.3 Å². The first-order chi connectivity index (χ1) is 26.5. The van der Waals surface area contributed by atoms with Gasteiger partial charge in [-0.2, -0.15) is 0 Å². The molecule has 1 aliphatic rings. The average Bonchev–Trinajstić information content (AvgIpc) is 3.21. The Kier molecular flexibility index (Phi) is 12.8.